The van der Waals surface area contributed by atoms with Crippen LogP contribution >= 0.6 is 0 Å². The maximum absolute atomic E-state index is 13.2. The number of nitrogens with zero attached hydrogens (tertiary/aromatic N) is 6. The van der Waals surface area contributed by atoms with Crippen molar-refractivity contribution >= 4 is 41.8 Å². The van der Waals surface area contributed by atoms with E-state index in [1.54, 1.807) is 18.3 Å². The molecule has 3 aliphatic heterocycles. The molecular weight excluding hydrogens is 538 g/mol. The molecule has 4 heterocycles. The van der Waals surface area contributed by atoms with Crippen molar-refractivity contribution in [3.63, 3.8) is 0 Å². The number of imide groups is 1. The van der Waals surface area contributed by atoms with Gasteiger partial charge in [-0.15, -0.1) is 0 Å². The Kier molecular flexibility index (Phi) is 7.72. The summed E-state index contributed by atoms with van der Waals surface area (Å²) in [6.07, 6.45) is 6.88. The minimum absolute atomic E-state index is 0.0523. The van der Waals surface area contributed by atoms with Crippen LogP contribution in [-0.2, 0) is 9.59 Å². The fourth-order valence-electron chi connectivity index (χ4n) is 7.06. The number of piperazine rings is 1. The van der Waals surface area contributed by atoms with Gasteiger partial charge in [-0.2, -0.15) is 0 Å². The number of rotatable bonds is 9. The van der Waals surface area contributed by atoms with Crippen molar-refractivity contribution in [1.29, 1.82) is 0 Å². The van der Waals surface area contributed by atoms with Crippen molar-refractivity contribution in [2.45, 2.75) is 37.8 Å². The van der Waals surface area contributed by atoms with Gasteiger partial charge >= 0.3 is 0 Å². The fourth-order valence-corrected chi connectivity index (χ4v) is 7.06. The predicted octanol–water partition coefficient (Wildman–Crippen LogP) is 1.02. The van der Waals surface area contributed by atoms with Crippen molar-refractivity contribution in [2.24, 2.45) is 11.8 Å². The number of aldehydes is 2. The summed E-state index contributed by atoms with van der Waals surface area (Å²) in [7, 11) is 1.50. The van der Waals surface area contributed by atoms with Crippen LogP contribution in [0.4, 0.5) is 11.5 Å². The van der Waals surface area contributed by atoms with Gasteiger partial charge in [0.05, 0.1) is 29.6 Å². The third-order valence-electron chi connectivity index (χ3n) is 9.36. The Morgan fingerprint density at radius 3 is 2.31 bits per heavy atom. The Balaban J connectivity index is 1.04. The molecule has 4 aliphatic rings. The molecule has 1 aromatic carbocycles. The Hall–Kier alpha value is -4.19. The van der Waals surface area contributed by atoms with E-state index in [0.717, 1.165) is 68.5 Å². The summed E-state index contributed by atoms with van der Waals surface area (Å²) in [5.41, 5.74) is 1.89. The number of aromatic nitrogens is 2. The highest BCUT2D eigenvalue weighted by Gasteiger charge is 2.44. The Labute approximate surface area is 244 Å². The summed E-state index contributed by atoms with van der Waals surface area (Å²) >= 11 is 0. The number of carbonyl (C=O) groups excluding carboxylic acids is 5. The molecule has 1 saturated carbocycles. The van der Waals surface area contributed by atoms with E-state index in [4.69, 9.17) is 0 Å². The second kappa shape index (κ2) is 11.6. The van der Waals surface area contributed by atoms with Crippen molar-refractivity contribution < 1.29 is 24.0 Å². The van der Waals surface area contributed by atoms with E-state index in [-0.39, 0.29) is 18.7 Å². The maximum Gasteiger partial charge on any atom is 0.262 e. The molecule has 12 nitrogen and oxygen atoms in total. The van der Waals surface area contributed by atoms with Crippen LogP contribution in [0.15, 0.2) is 30.6 Å². The first-order valence-electron chi connectivity index (χ1n) is 14.6. The van der Waals surface area contributed by atoms with Gasteiger partial charge in [0, 0.05) is 64.5 Å². The van der Waals surface area contributed by atoms with E-state index in [2.05, 4.69) is 30.0 Å². The van der Waals surface area contributed by atoms with E-state index in [1.807, 2.05) is 6.07 Å². The maximum atomic E-state index is 13.2. The summed E-state index contributed by atoms with van der Waals surface area (Å²) in [6, 6.07) is 4.96. The van der Waals surface area contributed by atoms with Gasteiger partial charge in [0.1, 0.15) is 17.8 Å². The normalized spacial score (nSPS) is 24.5. The molecular formula is C30H35N7O5. The van der Waals surface area contributed by atoms with E-state index >= 15 is 0 Å². The van der Waals surface area contributed by atoms with Crippen molar-refractivity contribution in [1.82, 2.24) is 25.1 Å². The SMILES string of the molecule is CNC(=O)CCC(C=O)N1C(=O)c2ccc(N3CC4CC(N5CCN(c6cnc(C=O)cn6)CC5)CC4C3)cc2C1=O. The molecule has 2 aromatic rings. The van der Waals surface area contributed by atoms with Gasteiger partial charge in [0.25, 0.3) is 11.8 Å². The largest absolute Gasteiger partial charge is 0.371 e. The predicted molar refractivity (Wildman–Crippen MR) is 154 cm³/mol. The molecule has 1 aromatic heterocycles. The first-order valence-corrected chi connectivity index (χ1v) is 14.6. The van der Waals surface area contributed by atoms with Crippen LogP contribution in [0.3, 0.4) is 0 Å². The highest BCUT2D eigenvalue weighted by molar-refractivity contribution is 6.22. The fraction of sp³-hybridized carbons (Fsp3) is 0.500. The molecule has 1 aliphatic carbocycles. The number of hydrogen-bond donors (Lipinski definition) is 1. The van der Waals surface area contributed by atoms with E-state index in [1.165, 1.54) is 13.2 Å². The molecule has 3 atom stereocenters. The van der Waals surface area contributed by atoms with Crippen LogP contribution < -0.4 is 15.1 Å². The lowest BCUT2D eigenvalue weighted by Crippen LogP contribution is -2.50. The van der Waals surface area contributed by atoms with Crippen LogP contribution in [0.2, 0.25) is 0 Å². The molecule has 42 heavy (non-hydrogen) atoms. The molecule has 1 N–H and O–H groups in total. The van der Waals surface area contributed by atoms with Crippen LogP contribution in [0.1, 0.15) is 56.9 Å². The summed E-state index contributed by atoms with van der Waals surface area (Å²) in [4.78, 5) is 77.2. The smallest absolute Gasteiger partial charge is 0.262 e. The van der Waals surface area contributed by atoms with Gasteiger partial charge in [0.2, 0.25) is 5.91 Å². The minimum Gasteiger partial charge on any atom is -0.371 e. The molecule has 6 rings (SSSR count). The summed E-state index contributed by atoms with van der Waals surface area (Å²) < 4.78 is 0. The van der Waals surface area contributed by atoms with Crippen LogP contribution in [0, 0.1) is 11.8 Å². The van der Waals surface area contributed by atoms with Gasteiger partial charge in [-0.05, 0) is 49.3 Å². The molecule has 3 amide bonds. The molecule has 2 saturated heterocycles. The van der Waals surface area contributed by atoms with E-state index in [0.29, 0.717) is 47.3 Å². The topological polar surface area (TPSA) is 136 Å². The zero-order chi connectivity index (χ0) is 29.4. The van der Waals surface area contributed by atoms with Gasteiger partial charge in [-0.25, -0.2) is 9.97 Å². The lowest BCUT2D eigenvalue weighted by Gasteiger charge is -2.39. The molecule has 12 heteroatoms. The lowest BCUT2D eigenvalue weighted by atomic mass is 10.0. The zero-order valence-corrected chi connectivity index (χ0v) is 23.6. The lowest BCUT2D eigenvalue weighted by molar-refractivity contribution is -0.121. The van der Waals surface area contributed by atoms with E-state index < -0.39 is 17.9 Å². The molecule has 3 unspecified atom stereocenters. The number of benzene rings is 1. The first-order chi connectivity index (χ1) is 20.4. The standard InChI is InChI=1S/C30H35N7O5/c1-31-28(40)5-3-23(18-39)37-29(41)25-4-2-22(12-26(25)30(37)42)36-15-19-10-24(11-20(19)16-36)34-6-8-35(9-7-34)27-14-32-21(17-38)13-33-27/h2,4,12-14,17-20,23-24H,3,5-11,15-16H2,1H3,(H,31,40). The quantitative estimate of drug-likeness (QED) is 0.342. The number of hydrogen-bond acceptors (Lipinski definition) is 10. The number of amides is 3. The second-order valence-corrected chi connectivity index (χ2v) is 11.6. The Bertz CT molecular complexity index is 1380. The summed E-state index contributed by atoms with van der Waals surface area (Å²) in [5.74, 6) is 0.739. The third kappa shape index (κ3) is 5.15. The zero-order valence-electron chi connectivity index (χ0n) is 23.6. The number of fused-ring (bicyclic) bond motifs is 2. The second-order valence-electron chi connectivity index (χ2n) is 11.6. The minimum atomic E-state index is -0.973. The molecule has 220 valence electrons. The average Bonchev–Trinajstić information content (AvgIpc) is 3.68. The molecule has 3 fully saturated rings. The average molecular weight is 574 g/mol. The van der Waals surface area contributed by atoms with Gasteiger partial charge in [0.15, 0.2) is 6.29 Å². The van der Waals surface area contributed by atoms with Crippen molar-refractivity contribution in [2.75, 3.05) is 56.1 Å². The Morgan fingerprint density at radius 1 is 0.976 bits per heavy atom. The highest BCUT2D eigenvalue weighted by atomic mass is 16.2. The Morgan fingerprint density at radius 2 is 1.69 bits per heavy atom. The van der Waals surface area contributed by atoms with E-state index in [9.17, 15) is 24.0 Å². The van der Waals surface area contributed by atoms with Crippen LogP contribution in [-0.4, -0.2) is 108 Å². The van der Waals surface area contributed by atoms with Crippen LogP contribution in [0.5, 0.6) is 0 Å². The van der Waals surface area contributed by atoms with Gasteiger partial charge in [-0.3, -0.25) is 29.0 Å². The first kappa shape index (κ1) is 28.0. The third-order valence-corrected chi connectivity index (χ3v) is 9.36. The monoisotopic (exact) mass is 573 g/mol. The van der Waals surface area contributed by atoms with Crippen molar-refractivity contribution in [3.05, 3.63) is 47.4 Å². The van der Waals surface area contributed by atoms with Gasteiger partial charge < -0.3 is 19.9 Å². The summed E-state index contributed by atoms with van der Waals surface area (Å²) in [5, 5.41) is 2.50. The number of anilines is 2. The molecule has 0 spiro atoms. The van der Waals surface area contributed by atoms with Crippen molar-refractivity contribution in [3.8, 4) is 0 Å². The molecule has 0 bridgehead atoms. The number of carbonyl (C=O) groups is 5. The summed E-state index contributed by atoms with van der Waals surface area (Å²) in [6.45, 7) is 5.51. The highest BCUT2D eigenvalue weighted by Crippen LogP contribution is 2.42. The number of nitrogens with one attached hydrogen (secondary N) is 1. The van der Waals surface area contributed by atoms with Gasteiger partial charge in [-0.1, -0.05) is 0 Å². The molecule has 0 radical (unpaired) electrons. The van der Waals surface area contributed by atoms with Crippen LogP contribution in [0.25, 0.3) is 0 Å².